The molecular formula is C17H26N2O2S. The van der Waals surface area contributed by atoms with E-state index < -0.39 is 0 Å². The lowest BCUT2D eigenvalue weighted by Gasteiger charge is -2.21. The topological polar surface area (TPSA) is 50.4 Å². The number of hydrogen-bond acceptors (Lipinski definition) is 4. The molecule has 2 N–H and O–H groups in total. The number of nitrogens with one attached hydrogen (secondary N) is 2. The molecule has 0 aromatic heterocycles. The first-order chi connectivity index (χ1) is 10.4. The van der Waals surface area contributed by atoms with Gasteiger partial charge in [-0.1, -0.05) is 32.9 Å². The predicted octanol–water partition coefficient (Wildman–Crippen LogP) is 2.31. The molecule has 1 aromatic rings. The zero-order valence-electron chi connectivity index (χ0n) is 13.9. The molecular weight excluding hydrogens is 296 g/mol. The van der Waals surface area contributed by atoms with Gasteiger partial charge in [0.2, 0.25) is 5.91 Å². The van der Waals surface area contributed by atoms with Gasteiger partial charge in [-0.15, -0.1) is 11.8 Å². The molecule has 0 saturated carbocycles. The van der Waals surface area contributed by atoms with E-state index in [1.165, 1.54) is 5.56 Å². The molecule has 2 rings (SSSR count). The van der Waals surface area contributed by atoms with Crippen LogP contribution in [0.15, 0.2) is 18.2 Å². The zero-order valence-corrected chi connectivity index (χ0v) is 14.7. The fourth-order valence-electron chi connectivity index (χ4n) is 2.45. The number of thioether (sulfide) groups is 1. The maximum Gasteiger partial charge on any atom is 0.238 e. The summed E-state index contributed by atoms with van der Waals surface area (Å²) >= 11 is 1.76. The van der Waals surface area contributed by atoms with E-state index in [0.29, 0.717) is 6.54 Å². The highest BCUT2D eigenvalue weighted by atomic mass is 32.2. The van der Waals surface area contributed by atoms with Gasteiger partial charge in [0.05, 0.1) is 13.2 Å². The summed E-state index contributed by atoms with van der Waals surface area (Å²) in [5, 5.41) is 6.20. The monoisotopic (exact) mass is 322 g/mol. The first-order valence-corrected chi connectivity index (χ1v) is 8.83. The van der Waals surface area contributed by atoms with Crippen LogP contribution < -0.4 is 15.4 Å². The number of benzene rings is 1. The number of ether oxygens (including phenoxy) is 1. The second-order valence-corrected chi connectivity index (χ2v) is 7.62. The summed E-state index contributed by atoms with van der Waals surface area (Å²) in [5.74, 6) is 2.70. The Balaban J connectivity index is 1.97. The summed E-state index contributed by atoms with van der Waals surface area (Å²) in [6, 6.07) is 6.27. The van der Waals surface area contributed by atoms with E-state index in [9.17, 15) is 4.79 Å². The molecule has 0 spiro atoms. The average Bonchev–Trinajstić information content (AvgIpc) is 3.00. The maximum absolute atomic E-state index is 12.0. The second-order valence-electron chi connectivity index (χ2n) is 6.59. The molecule has 5 heteroatoms. The van der Waals surface area contributed by atoms with Gasteiger partial charge in [-0.3, -0.25) is 10.1 Å². The molecule has 4 nitrogen and oxygen atoms in total. The van der Waals surface area contributed by atoms with Gasteiger partial charge in [0.25, 0.3) is 0 Å². The molecule has 1 aliphatic heterocycles. The summed E-state index contributed by atoms with van der Waals surface area (Å²) in [6.07, 6.45) is 0.776. The standard InChI is InChI=1S/C17H26N2O2S/c1-17(2,3)13-5-6-15(21-4)12(9-13)7-8-18-16(20)14-10-22-11-19-14/h5-6,9,14,19H,7-8,10-11H2,1-4H3,(H,18,20). The van der Waals surface area contributed by atoms with Gasteiger partial charge < -0.3 is 10.1 Å². The van der Waals surface area contributed by atoms with Gasteiger partial charge >= 0.3 is 0 Å². The quantitative estimate of drug-likeness (QED) is 0.873. The summed E-state index contributed by atoms with van der Waals surface area (Å²) < 4.78 is 5.44. The lowest BCUT2D eigenvalue weighted by molar-refractivity contribution is -0.122. The largest absolute Gasteiger partial charge is 0.496 e. The van der Waals surface area contributed by atoms with Crippen LogP contribution >= 0.6 is 11.8 Å². The Morgan fingerprint density at radius 3 is 2.82 bits per heavy atom. The lowest BCUT2D eigenvalue weighted by Crippen LogP contribution is -2.42. The van der Waals surface area contributed by atoms with E-state index in [-0.39, 0.29) is 17.4 Å². The van der Waals surface area contributed by atoms with Crippen molar-refractivity contribution in [1.82, 2.24) is 10.6 Å². The number of amides is 1. The van der Waals surface area contributed by atoms with Crippen molar-refractivity contribution in [3.8, 4) is 5.75 Å². The molecule has 122 valence electrons. The first-order valence-electron chi connectivity index (χ1n) is 7.68. The highest BCUT2D eigenvalue weighted by Crippen LogP contribution is 2.28. The van der Waals surface area contributed by atoms with E-state index in [1.54, 1.807) is 18.9 Å². The van der Waals surface area contributed by atoms with Crippen molar-refractivity contribution < 1.29 is 9.53 Å². The van der Waals surface area contributed by atoms with Crippen LogP contribution in [0.4, 0.5) is 0 Å². The summed E-state index contributed by atoms with van der Waals surface area (Å²) in [5.41, 5.74) is 2.53. The Morgan fingerprint density at radius 1 is 1.45 bits per heavy atom. The minimum atomic E-state index is -0.0483. The fraction of sp³-hybridized carbons (Fsp3) is 0.588. The minimum absolute atomic E-state index is 0.0483. The minimum Gasteiger partial charge on any atom is -0.496 e. The van der Waals surface area contributed by atoms with Gasteiger partial charge in [-0.25, -0.2) is 0 Å². The Hall–Kier alpha value is -1.20. The third kappa shape index (κ3) is 4.40. The highest BCUT2D eigenvalue weighted by molar-refractivity contribution is 7.99. The van der Waals surface area contributed by atoms with Crippen molar-refractivity contribution in [3.63, 3.8) is 0 Å². The molecule has 1 amide bonds. The van der Waals surface area contributed by atoms with Crippen molar-refractivity contribution >= 4 is 17.7 Å². The molecule has 22 heavy (non-hydrogen) atoms. The molecule has 1 unspecified atom stereocenters. The van der Waals surface area contributed by atoms with Crippen molar-refractivity contribution in [3.05, 3.63) is 29.3 Å². The van der Waals surface area contributed by atoms with E-state index in [0.717, 1.165) is 29.4 Å². The summed E-state index contributed by atoms with van der Waals surface area (Å²) in [4.78, 5) is 12.0. The normalized spacial score (nSPS) is 18.3. The van der Waals surface area contributed by atoms with Crippen LogP contribution in [0.25, 0.3) is 0 Å². The molecule has 0 aliphatic carbocycles. The Bertz CT molecular complexity index is 520. The Morgan fingerprint density at radius 2 is 2.23 bits per heavy atom. The Kier molecular flexibility index (Phi) is 5.75. The van der Waals surface area contributed by atoms with Gasteiger partial charge in [0.15, 0.2) is 0 Å². The molecule has 0 radical (unpaired) electrons. The molecule has 1 heterocycles. The number of hydrogen-bond donors (Lipinski definition) is 2. The molecule has 1 atom stereocenters. The van der Waals surface area contributed by atoms with E-state index >= 15 is 0 Å². The maximum atomic E-state index is 12.0. The Labute approximate surface area is 137 Å². The SMILES string of the molecule is COc1ccc(C(C)(C)C)cc1CCNC(=O)C1CSCN1. The van der Waals surface area contributed by atoms with Crippen molar-refractivity contribution in [1.29, 1.82) is 0 Å². The molecule has 1 fully saturated rings. The van der Waals surface area contributed by atoms with Gasteiger partial charge in [0, 0.05) is 18.2 Å². The molecule has 1 aliphatic rings. The summed E-state index contributed by atoms with van der Waals surface area (Å²) in [6.45, 7) is 7.23. The fourth-order valence-corrected chi connectivity index (χ4v) is 3.39. The van der Waals surface area contributed by atoms with E-state index in [4.69, 9.17) is 4.74 Å². The molecule has 0 bridgehead atoms. The third-order valence-electron chi connectivity index (χ3n) is 3.87. The molecule has 1 saturated heterocycles. The number of rotatable bonds is 5. The van der Waals surface area contributed by atoms with Crippen LogP contribution in [0.5, 0.6) is 5.75 Å². The van der Waals surface area contributed by atoms with Gasteiger partial charge in [-0.2, -0.15) is 0 Å². The van der Waals surface area contributed by atoms with Crippen molar-refractivity contribution in [2.45, 2.75) is 38.6 Å². The highest BCUT2D eigenvalue weighted by Gasteiger charge is 2.22. The third-order valence-corrected chi connectivity index (χ3v) is 4.81. The van der Waals surface area contributed by atoms with Gasteiger partial charge in [0.1, 0.15) is 5.75 Å². The van der Waals surface area contributed by atoms with Crippen LogP contribution in [0.1, 0.15) is 31.9 Å². The van der Waals surface area contributed by atoms with Crippen molar-refractivity contribution in [2.75, 3.05) is 25.3 Å². The average molecular weight is 322 g/mol. The van der Waals surface area contributed by atoms with Crippen molar-refractivity contribution in [2.24, 2.45) is 0 Å². The smallest absolute Gasteiger partial charge is 0.238 e. The summed E-state index contributed by atoms with van der Waals surface area (Å²) in [7, 11) is 1.69. The first kappa shape index (κ1) is 17.2. The number of carbonyl (C=O) groups excluding carboxylic acids is 1. The zero-order chi connectivity index (χ0) is 16.2. The van der Waals surface area contributed by atoms with Gasteiger partial charge in [-0.05, 0) is 29.0 Å². The van der Waals surface area contributed by atoms with Crippen LogP contribution in [0.2, 0.25) is 0 Å². The van der Waals surface area contributed by atoms with E-state index in [1.807, 2.05) is 6.07 Å². The molecule has 1 aromatic carbocycles. The predicted molar refractivity (Wildman–Crippen MR) is 92.7 cm³/mol. The lowest BCUT2D eigenvalue weighted by atomic mass is 9.85. The van der Waals surface area contributed by atoms with Crippen LogP contribution in [-0.2, 0) is 16.6 Å². The second kappa shape index (κ2) is 7.38. The van der Waals surface area contributed by atoms with Crippen LogP contribution in [0.3, 0.4) is 0 Å². The number of methoxy groups -OCH3 is 1. The van der Waals surface area contributed by atoms with Crippen LogP contribution in [-0.4, -0.2) is 37.2 Å². The van der Waals surface area contributed by atoms with Crippen LogP contribution in [0, 0.1) is 0 Å². The van der Waals surface area contributed by atoms with E-state index in [2.05, 4.69) is 43.5 Å². The number of carbonyl (C=O) groups is 1.